The van der Waals surface area contributed by atoms with Crippen LogP contribution in [0.3, 0.4) is 0 Å². The molecule has 1 aromatic heterocycles. The van der Waals surface area contributed by atoms with Crippen LogP contribution in [-0.4, -0.2) is 64.6 Å². The van der Waals surface area contributed by atoms with E-state index in [1.54, 1.807) is 4.90 Å². The maximum Gasteiger partial charge on any atom is 0.222 e. The van der Waals surface area contributed by atoms with Gasteiger partial charge in [0.2, 0.25) is 5.91 Å². The number of nitrogens with zero attached hydrogens (tertiary/aromatic N) is 3. The summed E-state index contributed by atoms with van der Waals surface area (Å²) in [4.78, 5) is 20.1. The smallest absolute Gasteiger partial charge is 0.222 e. The van der Waals surface area contributed by atoms with Gasteiger partial charge in [0.15, 0.2) is 0 Å². The Morgan fingerprint density at radius 2 is 2.04 bits per heavy atom. The first kappa shape index (κ1) is 16.4. The van der Waals surface area contributed by atoms with Gasteiger partial charge in [-0.05, 0) is 56.8 Å². The van der Waals surface area contributed by atoms with Gasteiger partial charge in [-0.25, -0.2) is 0 Å². The fourth-order valence-electron chi connectivity index (χ4n) is 3.68. The van der Waals surface area contributed by atoms with Gasteiger partial charge < -0.3 is 14.9 Å². The van der Waals surface area contributed by atoms with Crippen molar-refractivity contribution in [3.8, 4) is 0 Å². The first-order chi connectivity index (χ1) is 11.1. The van der Waals surface area contributed by atoms with Crippen LogP contribution in [0.25, 0.3) is 0 Å². The number of hydrogen-bond donors (Lipinski definition) is 1. The zero-order chi connectivity index (χ0) is 16.2. The lowest BCUT2D eigenvalue weighted by molar-refractivity contribution is -0.129. The molecule has 3 rings (SSSR count). The molecule has 2 aliphatic heterocycles. The van der Waals surface area contributed by atoms with Crippen LogP contribution < -0.4 is 0 Å². The van der Waals surface area contributed by atoms with Crippen molar-refractivity contribution < 1.29 is 9.90 Å². The van der Waals surface area contributed by atoms with Gasteiger partial charge in [0.25, 0.3) is 0 Å². The first-order valence-corrected chi connectivity index (χ1v) is 8.72. The first-order valence-electron chi connectivity index (χ1n) is 8.72. The van der Waals surface area contributed by atoms with Crippen LogP contribution in [0, 0.1) is 6.92 Å². The molecule has 0 aromatic carbocycles. The minimum atomic E-state index is -0.436. The second-order valence-electron chi connectivity index (χ2n) is 6.90. The average Bonchev–Trinajstić information content (AvgIpc) is 2.94. The summed E-state index contributed by atoms with van der Waals surface area (Å²) in [5.74, 6) is 0.770. The molecular formula is C18H27N3O2. The summed E-state index contributed by atoms with van der Waals surface area (Å²) in [5, 5.41) is 10.2. The van der Waals surface area contributed by atoms with Gasteiger partial charge in [0.1, 0.15) is 0 Å². The Morgan fingerprint density at radius 3 is 2.65 bits per heavy atom. The number of piperidine rings is 1. The number of aliphatic hydroxyl groups is 1. The molecule has 1 aromatic rings. The highest BCUT2D eigenvalue weighted by molar-refractivity contribution is 5.78. The summed E-state index contributed by atoms with van der Waals surface area (Å²) in [6.45, 7) is 5.98. The van der Waals surface area contributed by atoms with Crippen molar-refractivity contribution in [3.05, 3.63) is 29.6 Å². The Bertz CT molecular complexity index is 524. The van der Waals surface area contributed by atoms with E-state index in [0.29, 0.717) is 25.4 Å². The molecule has 126 valence electrons. The molecule has 2 aliphatic rings. The number of aryl methyl sites for hydroxylation is 1. The van der Waals surface area contributed by atoms with Gasteiger partial charge in [-0.1, -0.05) is 6.07 Å². The van der Waals surface area contributed by atoms with Crippen molar-refractivity contribution in [2.24, 2.45) is 0 Å². The zero-order valence-corrected chi connectivity index (χ0v) is 13.9. The quantitative estimate of drug-likeness (QED) is 0.895. The Balaban J connectivity index is 1.43. The van der Waals surface area contributed by atoms with Crippen LogP contribution in [0.5, 0.6) is 0 Å². The summed E-state index contributed by atoms with van der Waals surface area (Å²) < 4.78 is 0. The summed E-state index contributed by atoms with van der Waals surface area (Å²) in [5.41, 5.74) is 2.39. The normalized spacial score (nSPS) is 21.8. The average molecular weight is 317 g/mol. The molecule has 1 atom stereocenters. The van der Waals surface area contributed by atoms with E-state index in [1.165, 1.54) is 5.56 Å². The maximum atomic E-state index is 11.6. The van der Waals surface area contributed by atoms with Crippen molar-refractivity contribution in [3.63, 3.8) is 0 Å². The van der Waals surface area contributed by atoms with Crippen molar-refractivity contribution >= 4 is 5.91 Å². The van der Waals surface area contributed by atoms with Crippen LogP contribution in [-0.2, 0) is 4.79 Å². The minimum absolute atomic E-state index is 0.189. The number of β-amino-alcohol motifs (C(OH)–C–C–N with tert-alkyl or cyclic N) is 1. The highest BCUT2D eigenvalue weighted by atomic mass is 16.3. The number of aromatic nitrogens is 1. The molecule has 0 saturated carbocycles. The zero-order valence-electron chi connectivity index (χ0n) is 13.9. The summed E-state index contributed by atoms with van der Waals surface area (Å²) >= 11 is 0. The molecule has 1 unspecified atom stereocenters. The molecular weight excluding hydrogens is 290 g/mol. The van der Waals surface area contributed by atoms with E-state index in [1.807, 2.05) is 13.1 Å². The second-order valence-corrected chi connectivity index (χ2v) is 6.90. The largest absolute Gasteiger partial charge is 0.390 e. The monoisotopic (exact) mass is 317 g/mol. The van der Waals surface area contributed by atoms with Gasteiger partial charge in [-0.3, -0.25) is 9.78 Å². The van der Waals surface area contributed by atoms with E-state index in [4.69, 9.17) is 0 Å². The number of carbonyl (C=O) groups is 1. The highest BCUT2D eigenvalue weighted by Crippen LogP contribution is 2.27. The van der Waals surface area contributed by atoms with E-state index >= 15 is 0 Å². The molecule has 1 N–H and O–H groups in total. The van der Waals surface area contributed by atoms with Crippen molar-refractivity contribution in [2.75, 3.05) is 32.7 Å². The number of aliphatic hydroxyl groups excluding tert-OH is 1. The summed E-state index contributed by atoms with van der Waals surface area (Å²) in [6, 6.07) is 4.27. The molecule has 5 heteroatoms. The summed E-state index contributed by atoms with van der Waals surface area (Å²) in [6.07, 6.45) is 5.36. The lowest BCUT2D eigenvalue weighted by Gasteiger charge is -2.34. The molecule has 3 heterocycles. The highest BCUT2D eigenvalue weighted by Gasteiger charge is 2.26. The predicted octanol–water partition coefficient (Wildman–Crippen LogP) is 1.55. The Hall–Kier alpha value is -1.46. The third-order valence-corrected chi connectivity index (χ3v) is 5.06. The van der Waals surface area contributed by atoms with Crippen LogP contribution in [0.15, 0.2) is 18.3 Å². The van der Waals surface area contributed by atoms with E-state index < -0.39 is 6.10 Å². The van der Waals surface area contributed by atoms with Gasteiger partial charge in [0.05, 0.1) is 6.10 Å². The van der Waals surface area contributed by atoms with Gasteiger partial charge in [0, 0.05) is 37.9 Å². The third kappa shape index (κ3) is 4.30. The molecule has 0 spiro atoms. The Morgan fingerprint density at radius 1 is 1.26 bits per heavy atom. The van der Waals surface area contributed by atoms with Crippen molar-refractivity contribution in [1.82, 2.24) is 14.8 Å². The van der Waals surface area contributed by atoms with Crippen molar-refractivity contribution in [1.29, 1.82) is 0 Å². The van der Waals surface area contributed by atoms with Gasteiger partial charge in [-0.2, -0.15) is 0 Å². The third-order valence-electron chi connectivity index (χ3n) is 5.06. The second kappa shape index (κ2) is 7.41. The van der Waals surface area contributed by atoms with Crippen LogP contribution in [0.1, 0.15) is 42.9 Å². The van der Waals surface area contributed by atoms with Crippen molar-refractivity contribution in [2.45, 2.75) is 44.6 Å². The van der Waals surface area contributed by atoms with E-state index in [2.05, 4.69) is 22.0 Å². The lowest BCUT2D eigenvalue weighted by Crippen LogP contribution is -2.43. The molecule has 0 aliphatic carbocycles. The minimum Gasteiger partial charge on any atom is -0.390 e. The number of rotatable bonds is 5. The number of amides is 1. The van der Waals surface area contributed by atoms with E-state index in [0.717, 1.165) is 44.6 Å². The maximum absolute atomic E-state index is 11.6. The number of hydrogen-bond acceptors (Lipinski definition) is 4. The molecule has 23 heavy (non-hydrogen) atoms. The number of carbonyl (C=O) groups excluding carboxylic acids is 1. The van der Waals surface area contributed by atoms with Crippen LogP contribution in [0.4, 0.5) is 0 Å². The Kier molecular flexibility index (Phi) is 5.28. The van der Waals surface area contributed by atoms with Gasteiger partial charge in [-0.15, -0.1) is 0 Å². The van der Waals surface area contributed by atoms with Crippen LogP contribution in [0.2, 0.25) is 0 Å². The predicted molar refractivity (Wildman–Crippen MR) is 89.2 cm³/mol. The number of likely N-dealkylation sites (tertiary alicyclic amines) is 2. The molecule has 0 radical (unpaired) electrons. The van der Waals surface area contributed by atoms with Gasteiger partial charge >= 0.3 is 0 Å². The SMILES string of the molecule is Cc1ccc(C2CCN(CC(O)CN3CCCC3=O)CC2)cn1. The lowest BCUT2D eigenvalue weighted by atomic mass is 9.90. The Labute approximate surface area is 138 Å². The molecule has 5 nitrogen and oxygen atoms in total. The standard InChI is InChI=1S/C18H27N3O2/c1-14-4-5-16(11-19-14)15-6-9-20(10-7-15)12-17(22)13-21-8-2-3-18(21)23/h4-5,11,15,17,22H,2-3,6-10,12-13H2,1H3. The molecule has 1 amide bonds. The fraction of sp³-hybridized carbons (Fsp3) is 0.667. The fourth-order valence-corrected chi connectivity index (χ4v) is 3.68. The van der Waals surface area contributed by atoms with Crippen LogP contribution >= 0.6 is 0 Å². The number of pyridine rings is 1. The summed E-state index contributed by atoms with van der Waals surface area (Å²) in [7, 11) is 0. The molecule has 2 saturated heterocycles. The van der Waals surface area contributed by atoms with E-state index in [9.17, 15) is 9.90 Å². The topological polar surface area (TPSA) is 56.7 Å². The van der Waals surface area contributed by atoms with E-state index in [-0.39, 0.29) is 5.91 Å². The molecule has 2 fully saturated rings. The molecule has 0 bridgehead atoms.